The molecule has 1 saturated heterocycles. The second-order valence-electron chi connectivity index (χ2n) is 8.02. The maximum absolute atomic E-state index is 11.6. The number of guanidine groups is 1. The van der Waals surface area contributed by atoms with E-state index in [-0.39, 0.29) is 5.92 Å². The van der Waals surface area contributed by atoms with Gasteiger partial charge in [0.1, 0.15) is 0 Å². The highest BCUT2D eigenvalue weighted by Crippen LogP contribution is 2.28. The molecule has 23 heavy (non-hydrogen) atoms. The van der Waals surface area contributed by atoms with Crippen LogP contribution in [0.5, 0.6) is 0 Å². The lowest BCUT2D eigenvalue weighted by Crippen LogP contribution is -2.48. The summed E-state index contributed by atoms with van der Waals surface area (Å²) in [6, 6.07) is 0.776. The van der Waals surface area contributed by atoms with Gasteiger partial charge >= 0.3 is 0 Å². The van der Waals surface area contributed by atoms with Crippen molar-refractivity contribution in [2.45, 2.75) is 65.5 Å². The summed E-state index contributed by atoms with van der Waals surface area (Å²) in [5.41, 5.74) is 0. The van der Waals surface area contributed by atoms with Crippen molar-refractivity contribution in [3.05, 3.63) is 0 Å². The molecule has 0 aromatic carbocycles. The lowest BCUT2D eigenvalue weighted by Gasteiger charge is -2.33. The van der Waals surface area contributed by atoms with Gasteiger partial charge in [0.15, 0.2) is 15.8 Å². The van der Waals surface area contributed by atoms with E-state index in [0.29, 0.717) is 30.1 Å². The molecule has 134 valence electrons. The highest BCUT2D eigenvalue weighted by Gasteiger charge is 2.28. The summed E-state index contributed by atoms with van der Waals surface area (Å²) in [7, 11) is -2.82. The van der Waals surface area contributed by atoms with Crippen molar-refractivity contribution < 1.29 is 8.42 Å². The molecule has 1 saturated carbocycles. The summed E-state index contributed by atoms with van der Waals surface area (Å²) in [5, 5.41) is 6.97. The molecule has 3 atom stereocenters. The van der Waals surface area contributed by atoms with E-state index in [1.807, 2.05) is 0 Å². The van der Waals surface area contributed by atoms with Gasteiger partial charge in [-0.1, -0.05) is 13.8 Å². The number of hydrogen-bond acceptors (Lipinski definition) is 3. The van der Waals surface area contributed by atoms with E-state index in [2.05, 4.69) is 43.3 Å². The predicted molar refractivity (Wildman–Crippen MR) is 96.4 cm³/mol. The van der Waals surface area contributed by atoms with Crippen LogP contribution in [0.15, 0.2) is 4.99 Å². The maximum Gasteiger partial charge on any atom is 0.191 e. The summed E-state index contributed by atoms with van der Waals surface area (Å²) < 4.78 is 23.1. The third-order valence-corrected chi connectivity index (χ3v) is 6.62. The Bertz CT molecular complexity index is 506. The van der Waals surface area contributed by atoms with Crippen LogP contribution in [0.2, 0.25) is 0 Å². The first-order valence-corrected chi connectivity index (χ1v) is 10.8. The Labute approximate surface area is 141 Å². The molecule has 1 aliphatic heterocycles. The van der Waals surface area contributed by atoms with Crippen LogP contribution in [0.3, 0.4) is 0 Å². The highest BCUT2D eigenvalue weighted by molar-refractivity contribution is 7.91. The van der Waals surface area contributed by atoms with Gasteiger partial charge in [0.05, 0.1) is 11.5 Å². The summed E-state index contributed by atoms with van der Waals surface area (Å²) in [6.07, 6.45) is 4.42. The SMILES string of the molecule is CC1CC(C)CC(NC(=NCC2CCS(=O)(=O)C2)NC(C)C)C1. The number of aliphatic imine (C=N–C) groups is 1. The molecule has 0 aromatic rings. The minimum absolute atomic E-state index is 0.176. The topological polar surface area (TPSA) is 70.6 Å². The smallest absolute Gasteiger partial charge is 0.191 e. The van der Waals surface area contributed by atoms with Gasteiger partial charge in [-0.2, -0.15) is 0 Å². The van der Waals surface area contributed by atoms with Crippen molar-refractivity contribution in [2.75, 3.05) is 18.1 Å². The fourth-order valence-corrected chi connectivity index (χ4v) is 5.75. The second kappa shape index (κ2) is 7.86. The fraction of sp³-hybridized carbons (Fsp3) is 0.941. The van der Waals surface area contributed by atoms with E-state index < -0.39 is 9.84 Å². The van der Waals surface area contributed by atoms with E-state index >= 15 is 0 Å². The summed E-state index contributed by atoms with van der Waals surface area (Å²) >= 11 is 0. The zero-order valence-electron chi connectivity index (χ0n) is 15.0. The minimum Gasteiger partial charge on any atom is -0.354 e. The van der Waals surface area contributed by atoms with Crippen LogP contribution >= 0.6 is 0 Å². The molecule has 6 heteroatoms. The first kappa shape index (κ1) is 18.6. The molecule has 0 radical (unpaired) electrons. The summed E-state index contributed by atoms with van der Waals surface area (Å²) in [6.45, 7) is 9.44. The first-order chi connectivity index (χ1) is 10.7. The Morgan fingerprint density at radius 2 is 1.83 bits per heavy atom. The molecule has 0 spiro atoms. The van der Waals surface area contributed by atoms with Crippen LogP contribution in [-0.2, 0) is 9.84 Å². The van der Waals surface area contributed by atoms with E-state index in [0.717, 1.165) is 24.2 Å². The molecule has 1 heterocycles. The van der Waals surface area contributed by atoms with Crippen LogP contribution in [-0.4, -0.2) is 44.5 Å². The van der Waals surface area contributed by atoms with Crippen molar-refractivity contribution >= 4 is 15.8 Å². The lowest BCUT2D eigenvalue weighted by atomic mass is 9.80. The highest BCUT2D eigenvalue weighted by atomic mass is 32.2. The largest absolute Gasteiger partial charge is 0.354 e. The van der Waals surface area contributed by atoms with Crippen molar-refractivity contribution in [3.8, 4) is 0 Å². The molecule has 2 rings (SSSR count). The molecule has 2 N–H and O–H groups in total. The first-order valence-electron chi connectivity index (χ1n) is 9.01. The van der Waals surface area contributed by atoms with Gasteiger partial charge in [-0.25, -0.2) is 8.42 Å². The van der Waals surface area contributed by atoms with Gasteiger partial charge in [-0.05, 0) is 57.3 Å². The lowest BCUT2D eigenvalue weighted by molar-refractivity contribution is 0.254. The van der Waals surface area contributed by atoms with Gasteiger partial charge in [0.25, 0.3) is 0 Å². The monoisotopic (exact) mass is 343 g/mol. The molecular formula is C17H33N3O2S. The number of rotatable bonds is 4. The number of nitrogens with one attached hydrogen (secondary N) is 2. The van der Waals surface area contributed by atoms with Gasteiger partial charge in [-0.15, -0.1) is 0 Å². The van der Waals surface area contributed by atoms with Crippen molar-refractivity contribution in [3.63, 3.8) is 0 Å². The van der Waals surface area contributed by atoms with Crippen molar-refractivity contribution in [1.82, 2.24) is 10.6 Å². The average molecular weight is 344 g/mol. The van der Waals surface area contributed by atoms with Crippen molar-refractivity contribution in [2.24, 2.45) is 22.7 Å². The van der Waals surface area contributed by atoms with Crippen LogP contribution < -0.4 is 10.6 Å². The standard InChI is InChI=1S/C17H33N3O2S/c1-12(2)19-17(18-10-15-5-6-23(21,22)11-15)20-16-8-13(3)7-14(4)9-16/h12-16H,5-11H2,1-4H3,(H2,18,19,20). The van der Waals surface area contributed by atoms with Gasteiger partial charge in [0, 0.05) is 18.6 Å². The fourth-order valence-electron chi connectivity index (χ4n) is 3.90. The molecule has 2 fully saturated rings. The second-order valence-corrected chi connectivity index (χ2v) is 10.2. The Morgan fingerprint density at radius 3 is 2.35 bits per heavy atom. The zero-order valence-corrected chi connectivity index (χ0v) is 15.8. The van der Waals surface area contributed by atoms with Gasteiger partial charge < -0.3 is 10.6 Å². The Balaban J connectivity index is 1.94. The minimum atomic E-state index is -2.82. The molecule has 1 aliphatic carbocycles. The number of nitrogens with zero attached hydrogens (tertiary/aromatic N) is 1. The summed E-state index contributed by atoms with van der Waals surface area (Å²) in [5.74, 6) is 3.13. The van der Waals surface area contributed by atoms with E-state index in [1.54, 1.807) is 0 Å². The molecule has 0 aromatic heterocycles. The van der Waals surface area contributed by atoms with Gasteiger partial charge in [-0.3, -0.25) is 4.99 Å². The maximum atomic E-state index is 11.6. The Morgan fingerprint density at radius 1 is 1.17 bits per heavy atom. The number of hydrogen-bond donors (Lipinski definition) is 2. The van der Waals surface area contributed by atoms with Crippen LogP contribution in [0.4, 0.5) is 0 Å². The Hall–Kier alpha value is -0.780. The molecule has 0 bridgehead atoms. The quantitative estimate of drug-likeness (QED) is 0.606. The molecule has 3 unspecified atom stereocenters. The molecular weight excluding hydrogens is 310 g/mol. The van der Waals surface area contributed by atoms with Crippen molar-refractivity contribution in [1.29, 1.82) is 0 Å². The zero-order chi connectivity index (χ0) is 17.0. The summed E-state index contributed by atoms with van der Waals surface area (Å²) in [4.78, 5) is 4.69. The number of sulfone groups is 1. The van der Waals surface area contributed by atoms with E-state index in [1.165, 1.54) is 19.3 Å². The molecule has 2 aliphatic rings. The van der Waals surface area contributed by atoms with Crippen LogP contribution in [0.25, 0.3) is 0 Å². The molecule has 5 nitrogen and oxygen atoms in total. The van der Waals surface area contributed by atoms with E-state index in [9.17, 15) is 8.42 Å². The predicted octanol–water partition coefficient (Wildman–Crippen LogP) is 2.19. The Kier molecular flexibility index (Phi) is 6.34. The van der Waals surface area contributed by atoms with Gasteiger partial charge in [0.2, 0.25) is 0 Å². The molecule has 0 amide bonds. The van der Waals surface area contributed by atoms with Crippen LogP contribution in [0.1, 0.15) is 53.4 Å². The third-order valence-electron chi connectivity index (χ3n) is 4.78. The van der Waals surface area contributed by atoms with Crippen LogP contribution in [0, 0.1) is 17.8 Å². The average Bonchev–Trinajstić information content (AvgIpc) is 2.74. The van der Waals surface area contributed by atoms with E-state index in [4.69, 9.17) is 0 Å². The normalized spacial score (nSPS) is 34.6. The third kappa shape index (κ3) is 6.32.